The van der Waals surface area contributed by atoms with Crippen LogP contribution in [0.1, 0.15) is 46.6 Å². The summed E-state index contributed by atoms with van der Waals surface area (Å²) in [5, 5.41) is 3.92. The van der Waals surface area contributed by atoms with Crippen LogP contribution in [0.5, 0.6) is 0 Å². The molecule has 2 heterocycles. The van der Waals surface area contributed by atoms with E-state index >= 15 is 0 Å². The first-order chi connectivity index (χ1) is 11.0. The number of rotatable bonds is 4. The van der Waals surface area contributed by atoms with Gasteiger partial charge in [0.25, 0.3) is 5.91 Å². The van der Waals surface area contributed by atoms with Gasteiger partial charge in [0.05, 0.1) is 22.3 Å². The number of nitrogens with one attached hydrogen (secondary N) is 1. The largest absolute Gasteiger partial charge is 0.346 e. The molecule has 0 aliphatic rings. The Labute approximate surface area is 140 Å². The topological polar surface area (TPSA) is 46.9 Å². The van der Waals surface area contributed by atoms with Crippen LogP contribution in [0.25, 0.3) is 10.2 Å². The van der Waals surface area contributed by atoms with E-state index in [2.05, 4.69) is 34.8 Å². The number of fused-ring (bicyclic) bond motifs is 1. The van der Waals surface area contributed by atoms with E-state index in [1.807, 2.05) is 38.1 Å². The van der Waals surface area contributed by atoms with E-state index in [0.717, 1.165) is 32.2 Å². The fourth-order valence-electron chi connectivity index (χ4n) is 3.05. The van der Waals surface area contributed by atoms with Crippen molar-refractivity contribution in [3.63, 3.8) is 0 Å². The second-order valence-electron chi connectivity index (χ2n) is 6.01. The Morgan fingerprint density at radius 1 is 1.30 bits per heavy atom. The number of thiazole rings is 1. The van der Waals surface area contributed by atoms with Crippen LogP contribution in [-0.4, -0.2) is 15.5 Å². The Bertz CT molecular complexity index is 827. The van der Waals surface area contributed by atoms with Crippen molar-refractivity contribution >= 4 is 27.5 Å². The summed E-state index contributed by atoms with van der Waals surface area (Å²) in [6.45, 7) is 8.76. The molecule has 0 atom stereocenters. The molecule has 0 spiro atoms. The highest BCUT2D eigenvalue weighted by Crippen LogP contribution is 2.22. The molecule has 1 N–H and O–H groups in total. The first-order valence-corrected chi connectivity index (χ1v) is 8.60. The molecule has 0 fully saturated rings. The number of aryl methyl sites for hydroxylation is 1. The minimum Gasteiger partial charge on any atom is -0.346 e. The Morgan fingerprint density at radius 3 is 2.70 bits per heavy atom. The fourth-order valence-corrected chi connectivity index (χ4v) is 3.96. The lowest BCUT2D eigenvalue weighted by atomic mass is 10.2. The smallest absolute Gasteiger partial charge is 0.253 e. The van der Waals surface area contributed by atoms with Crippen LogP contribution in [0, 0.1) is 13.8 Å². The molecule has 3 aromatic rings. The second kappa shape index (κ2) is 6.16. The van der Waals surface area contributed by atoms with Gasteiger partial charge in [-0.3, -0.25) is 4.79 Å². The number of hydrogen-bond acceptors (Lipinski definition) is 3. The number of carbonyl (C=O) groups is 1. The summed E-state index contributed by atoms with van der Waals surface area (Å²) in [5.74, 6) is -0.0377. The third kappa shape index (κ3) is 3.01. The van der Waals surface area contributed by atoms with Crippen LogP contribution in [-0.2, 0) is 6.54 Å². The first-order valence-electron chi connectivity index (χ1n) is 7.78. The fraction of sp³-hybridized carbons (Fsp3) is 0.333. The van der Waals surface area contributed by atoms with Gasteiger partial charge in [0.15, 0.2) is 0 Å². The molecule has 0 aliphatic carbocycles. The highest BCUT2D eigenvalue weighted by Gasteiger charge is 2.17. The van der Waals surface area contributed by atoms with Crippen LogP contribution in [0.2, 0.25) is 0 Å². The molecule has 3 rings (SSSR count). The normalized spacial score (nSPS) is 11.3. The maximum Gasteiger partial charge on any atom is 0.253 e. The molecule has 0 unspecified atom stereocenters. The summed E-state index contributed by atoms with van der Waals surface area (Å²) in [6, 6.07) is 10.3. The minimum absolute atomic E-state index is 0.0377. The molecule has 2 aromatic heterocycles. The zero-order valence-corrected chi connectivity index (χ0v) is 14.7. The monoisotopic (exact) mass is 327 g/mol. The van der Waals surface area contributed by atoms with Crippen molar-refractivity contribution in [1.82, 2.24) is 14.9 Å². The Hall–Kier alpha value is -2.14. The van der Waals surface area contributed by atoms with E-state index < -0.39 is 0 Å². The van der Waals surface area contributed by atoms with Gasteiger partial charge in [0.1, 0.15) is 5.01 Å². The Kier molecular flexibility index (Phi) is 4.22. The zero-order chi connectivity index (χ0) is 16.6. The Morgan fingerprint density at radius 2 is 2.04 bits per heavy atom. The number of para-hydroxylation sites is 1. The van der Waals surface area contributed by atoms with Gasteiger partial charge in [0, 0.05) is 17.4 Å². The average Bonchev–Trinajstić information content (AvgIpc) is 3.05. The maximum absolute atomic E-state index is 12.5. The van der Waals surface area contributed by atoms with Gasteiger partial charge in [-0.2, -0.15) is 0 Å². The number of benzene rings is 1. The summed E-state index contributed by atoms with van der Waals surface area (Å²) >= 11 is 1.62. The predicted molar refractivity (Wildman–Crippen MR) is 95.1 cm³/mol. The van der Waals surface area contributed by atoms with E-state index in [0.29, 0.717) is 12.6 Å². The van der Waals surface area contributed by atoms with Crippen LogP contribution in [0.3, 0.4) is 0 Å². The number of amides is 1. The van der Waals surface area contributed by atoms with E-state index in [9.17, 15) is 4.79 Å². The minimum atomic E-state index is -0.0377. The summed E-state index contributed by atoms with van der Waals surface area (Å²) in [4.78, 5) is 17.0. The van der Waals surface area contributed by atoms with Crippen LogP contribution in [0.15, 0.2) is 30.3 Å². The summed E-state index contributed by atoms with van der Waals surface area (Å²) in [7, 11) is 0. The number of nitrogens with zero attached hydrogens (tertiary/aromatic N) is 2. The third-order valence-electron chi connectivity index (χ3n) is 3.98. The van der Waals surface area contributed by atoms with Crippen molar-refractivity contribution in [2.45, 2.75) is 40.3 Å². The van der Waals surface area contributed by atoms with Crippen molar-refractivity contribution in [3.05, 3.63) is 52.3 Å². The molecule has 120 valence electrons. The van der Waals surface area contributed by atoms with Crippen LogP contribution in [0.4, 0.5) is 0 Å². The van der Waals surface area contributed by atoms with Gasteiger partial charge in [-0.25, -0.2) is 4.98 Å². The molecular weight excluding hydrogens is 306 g/mol. The molecular formula is C18H21N3OS. The summed E-state index contributed by atoms with van der Waals surface area (Å²) < 4.78 is 3.34. The van der Waals surface area contributed by atoms with E-state index in [-0.39, 0.29) is 5.91 Å². The van der Waals surface area contributed by atoms with Gasteiger partial charge in [0.2, 0.25) is 0 Å². The van der Waals surface area contributed by atoms with Gasteiger partial charge < -0.3 is 9.88 Å². The average molecular weight is 327 g/mol. The van der Waals surface area contributed by atoms with Crippen molar-refractivity contribution in [3.8, 4) is 0 Å². The van der Waals surface area contributed by atoms with Crippen molar-refractivity contribution in [2.24, 2.45) is 0 Å². The van der Waals surface area contributed by atoms with Gasteiger partial charge >= 0.3 is 0 Å². The van der Waals surface area contributed by atoms with Crippen molar-refractivity contribution in [2.75, 3.05) is 0 Å². The van der Waals surface area contributed by atoms with Gasteiger partial charge in [-0.15, -0.1) is 11.3 Å². The molecule has 1 amide bonds. The zero-order valence-electron chi connectivity index (χ0n) is 13.9. The lowest BCUT2D eigenvalue weighted by Gasteiger charge is -2.13. The summed E-state index contributed by atoms with van der Waals surface area (Å²) in [6.07, 6.45) is 0. The van der Waals surface area contributed by atoms with E-state index in [1.54, 1.807) is 11.3 Å². The molecule has 23 heavy (non-hydrogen) atoms. The maximum atomic E-state index is 12.5. The summed E-state index contributed by atoms with van der Waals surface area (Å²) in [5.41, 5.74) is 3.86. The van der Waals surface area contributed by atoms with Gasteiger partial charge in [-0.05, 0) is 45.9 Å². The van der Waals surface area contributed by atoms with Crippen LogP contribution < -0.4 is 5.32 Å². The standard InChI is InChI=1S/C18H21N3OS/c1-11(2)21-12(3)9-14(13(21)4)18(22)19-10-17-20-15-7-5-6-8-16(15)23-17/h5-9,11H,10H2,1-4H3,(H,19,22). The van der Waals surface area contributed by atoms with Gasteiger partial charge in [-0.1, -0.05) is 12.1 Å². The quantitative estimate of drug-likeness (QED) is 0.779. The molecule has 0 aliphatic heterocycles. The highest BCUT2D eigenvalue weighted by molar-refractivity contribution is 7.18. The molecule has 4 nitrogen and oxygen atoms in total. The lowest BCUT2D eigenvalue weighted by molar-refractivity contribution is 0.0950. The Balaban J connectivity index is 1.76. The van der Waals surface area contributed by atoms with Crippen molar-refractivity contribution < 1.29 is 4.79 Å². The number of carbonyl (C=O) groups excluding carboxylic acids is 1. The number of aromatic nitrogens is 2. The molecule has 0 saturated carbocycles. The first kappa shape index (κ1) is 15.7. The van der Waals surface area contributed by atoms with E-state index in [1.165, 1.54) is 0 Å². The second-order valence-corrected chi connectivity index (χ2v) is 7.12. The molecule has 0 radical (unpaired) electrons. The molecule has 0 saturated heterocycles. The van der Waals surface area contributed by atoms with Crippen molar-refractivity contribution in [1.29, 1.82) is 0 Å². The predicted octanol–water partition coefficient (Wildman–Crippen LogP) is 4.23. The van der Waals surface area contributed by atoms with Crippen LogP contribution >= 0.6 is 11.3 Å². The molecule has 5 heteroatoms. The highest BCUT2D eigenvalue weighted by atomic mass is 32.1. The SMILES string of the molecule is Cc1cc(C(=O)NCc2nc3ccccc3s2)c(C)n1C(C)C. The third-order valence-corrected chi connectivity index (χ3v) is 5.02. The number of hydrogen-bond donors (Lipinski definition) is 1. The molecule has 1 aromatic carbocycles. The molecule has 0 bridgehead atoms. The van der Waals surface area contributed by atoms with E-state index in [4.69, 9.17) is 0 Å². The lowest BCUT2D eigenvalue weighted by Crippen LogP contribution is -2.23.